The highest BCUT2D eigenvalue weighted by Crippen LogP contribution is 2.20. The van der Waals surface area contributed by atoms with Crippen molar-refractivity contribution in [2.45, 2.75) is 44.0 Å². The largest absolute Gasteiger partial charge is 0.301 e. The second kappa shape index (κ2) is 9.31. The van der Waals surface area contributed by atoms with Crippen LogP contribution in [0.1, 0.15) is 43.0 Å². The van der Waals surface area contributed by atoms with Crippen LogP contribution in [0.2, 0.25) is 0 Å². The van der Waals surface area contributed by atoms with Crippen LogP contribution in [0.25, 0.3) is 0 Å². The minimum atomic E-state index is -3.52. The van der Waals surface area contributed by atoms with E-state index in [1.807, 2.05) is 31.1 Å². The summed E-state index contributed by atoms with van der Waals surface area (Å²) < 4.78 is 28.0. The van der Waals surface area contributed by atoms with Crippen molar-refractivity contribution >= 4 is 10.0 Å². The number of likely N-dealkylation sites (N-methyl/N-ethyl adjacent to an activating group) is 1. The van der Waals surface area contributed by atoms with Crippen molar-refractivity contribution in [1.29, 1.82) is 0 Å². The molecule has 1 N–H and O–H groups in total. The Balaban J connectivity index is 2.11. The Kier molecular flexibility index (Phi) is 7.38. The maximum Gasteiger partial charge on any atom is 0.240 e. The molecule has 0 heterocycles. The molecule has 1 atom stereocenters. The topological polar surface area (TPSA) is 49.4 Å². The van der Waals surface area contributed by atoms with Gasteiger partial charge in [-0.2, -0.15) is 0 Å². The lowest BCUT2D eigenvalue weighted by Crippen LogP contribution is -2.34. The van der Waals surface area contributed by atoms with Crippen LogP contribution < -0.4 is 4.72 Å². The van der Waals surface area contributed by atoms with E-state index in [2.05, 4.69) is 42.8 Å². The lowest BCUT2D eigenvalue weighted by atomic mass is 10.0. The summed E-state index contributed by atoms with van der Waals surface area (Å²) in [5.74, 6) is 0. The SMILES string of the molecule is CCCc1ccc(S(=O)(=O)NCC(c2ccc(CC)cc2)N(C)C)cc1. The molecule has 0 saturated carbocycles. The maximum atomic E-state index is 12.6. The molecule has 0 spiro atoms. The molecule has 1 unspecified atom stereocenters. The zero-order valence-corrected chi connectivity index (χ0v) is 17.0. The fourth-order valence-electron chi connectivity index (χ4n) is 2.97. The number of sulfonamides is 1. The predicted octanol–water partition coefficient (Wildman–Crippen LogP) is 3.78. The molecule has 142 valence electrons. The van der Waals surface area contributed by atoms with Gasteiger partial charge >= 0.3 is 0 Å². The van der Waals surface area contributed by atoms with E-state index in [1.54, 1.807) is 12.1 Å². The summed E-state index contributed by atoms with van der Waals surface area (Å²) in [6, 6.07) is 15.5. The van der Waals surface area contributed by atoms with Gasteiger partial charge in [-0.05, 0) is 55.8 Å². The van der Waals surface area contributed by atoms with Crippen molar-refractivity contribution in [3.8, 4) is 0 Å². The van der Waals surface area contributed by atoms with E-state index >= 15 is 0 Å². The molecule has 0 amide bonds. The van der Waals surface area contributed by atoms with Crippen LogP contribution in [0.15, 0.2) is 53.4 Å². The highest BCUT2D eigenvalue weighted by Gasteiger charge is 2.19. The Bertz CT molecular complexity index is 782. The predicted molar refractivity (Wildman–Crippen MR) is 108 cm³/mol. The Morgan fingerprint density at radius 1 is 0.923 bits per heavy atom. The van der Waals surface area contributed by atoms with Gasteiger partial charge in [-0.25, -0.2) is 13.1 Å². The number of hydrogen-bond donors (Lipinski definition) is 1. The van der Waals surface area contributed by atoms with E-state index in [4.69, 9.17) is 0 Å². The number of benzene rings is 2. The molecule has 2 aromatic carbocycles. The van der Waals surface area contributed by atoms with Crippen molar-refractivity contribution in [3.05, 3.63) is 65.2 Å². The first-order valence-electron chi connectivity index (χ1n) is 9.21. The summed E-state index contributed by atoms with van der Waals surface area (Å²) in [7, 11) is 0.411. The summed E-state index contributed by atoms with van der Waals surface area (Å²) >= 11 is 0. The number of aryl methyl sites for hydroxylation is 2. The fourth-order valence-corrected chi connectivity index (χ4v) is 4.01. The average Bonchev–Trinajstić information content (AvgIpc) is 2.63. The van der Waals surface area contributed by atoms with Gasteiger partial charge in [-0.15, -0.1) is 0 Å². The van der Waals surface area contributed by atoms with Crippen molar-refractivity contribution in [1.82, 2.24) is 9.62 Å². The van der Waals surface area contributed by atoms with Gasteiger partial charge in [0.15, 0.2) is 0 Å². The van der Waals surface area contributed by atoms with Gasteiger partial charge in [-0.1, -0.05) is 56.7 Å². The number of rotatable bonds is 9. The van der Waals surface area contributed by atoms with Gasteiger partial charge in [0.2, 0.25) is 10.0 Å². The van der Waals surface area contributed by atoms with Gasteiger partial charge in [0.25, 0.3) is 0 Å². The molecule has 5 heteroatoms. The molecule has 0 aliphatic carbocycles. The molecule has 2 rings (SSSR count). The molecule has 0 bridgehead atoms. The first kappa shape index (κ1) is 20.6. The molecule has 0 aromatic heterocycles. The number of nitrogens with zero attached hydrogens (tertiary/aromatic N) is 1. The zero-order valence-electron chi connectivity index (χ0n) is 16.2. The van der Waals surface area contributed by atoms with Crippen molar-refractivity contribution < 1.29 is 8.42 Å². The maximum absolute atomic E-state index is 12.6. The van der Waals surface area contributed by atoms with Gasteiger partial charge < -0.3 is 4.90 Å². The van der Waals surface area contributed by atoms with Crippen molar-refractivity contribution in [2.75, 3.05) is 20.6 Å². The first-order valence-corrected chi connectivity index (χ1v) is 10.7. The van der Waals surface area contributed by atoms with Crippen molar-refractivity contribution in [2.24, 2.45) is 0 Å². The number of hydrogen-bond acceptors (Lipinski definition) is 3. The summed E-state index contributed by atoms with van der Waals surface area (Å²) in [4.78, 5) is 2.35. The van der Waals surface area contributed by atoms with Gasteiger partial charge in [0, 0.05) is 12.6 Å². The summed E-state index contributed by atoms with van der Waals surface area (Å²) in [6.45, 7) is 4.57. The molecule has 0 saturated heterocycles. The van der Waals surface area contributed by atoms with Gasteiger partial charge in [0.1, 0.15) is 0 Å². The molecule has 0 fully saturated rings. The Morgan fingerprint density at radius 3 is 2.00 bits per heavy atom. The molecule has 26 heavy (non-hydrogen) atoms. The summed E-state index contributed by atoms with van der Waals surface area (Å²) in [6.07, 6.45) is 3.00. The van der Waals surface area contributed by atoms with Crippen LogP contribution >= 0.6 is 0 Å². The number of nitrogens with one attached hydrogen (secondary N) is 1. The standard InChI is InChI=1S/C21H30N2O2S/c1-5-7-18-10-14-20(15-11-18)26(24,25)22-16-21(23(3)4)19-12-8-17(6-2)9-13-19/h8-15,21-22H,5-7,16H2,1-4H3. The van der Waals surface area contributed by atoms with Crippen LogP contribution in [0.3, 0.4) is 0 Å². The fraction of sp³-hybridized carbons (Fsp3) is 0.429. The zero-order chi connectivity index (χ0) is 19.2. The van der Waals surface area contributed by atoms with Gasteiger partial charge in [0.05, 0.1) is 4.90 Å². The normalized spacial score (nSPS) is 13.1. The third-order valence-electron chi connectivity index (χ3n) is 4.64. The smallest absolute Gasteiger partial charge is 0.240 e. The molecule has 0 aliphatic rings. The Morgan fingerprint density at radius 2 is 1.50 bits per heavy atom. The van der Waals surface area contributed by atoms with Crippen LogP contribution in [-0.4, -0.2) is 34.0 Å². The quantitative estimate of drug-likeness (QED) is 0.727. The van der Waals surface area contributed by atoms with E-state index in [0.29, 0.717) is 11.4 Å². The molecule has 4 nitrogen and oxygen atoms in total. The Hall–Kier alpha value is -1.69. The summed E-state index contributed by atoms with van der Waals surface area (Å²) in [5, 5.41) is 0. The second-order valence-corrected chi connectivity index (χ2v) is 8.59. The monoisotopic (exact) mass is 374 g/mol. The highest BCUT2D eigenvalue weighted by molar-refractivity contribution is 7.89. The highest BCUT2D eigenvalue weighted by atomic mass is 32.2. The van der Waals surface area contributed by atoms with Crippen LogP contribution in [-0.2, 0) is 22.9 Å². The Labute approximate surface area is 158 Å². The van der Waals surface area contributed by atoms with Crippen LogP contribution in [0.5, 0.6) is 0 Å². The molecular formula is C21H30N2O2S. The molecular weight excluding hydrogens is 344 g/mol. The van der Waals surface area contributed by atoms with E-state index < -0.39 is 10.0 Å². The minimum absolute atomic E-state index is 0.0185. The molecule has 0 aliphatic heterocycles. The van der Waals surface area contributed by atoms with Gasteiger partial charge in [-0.3, -0.25) is 0 Å². The van der Waals surface area contributed by atoms with E-state index in [1.165, 1.54) is 5.56 Å². The third kappa shape index (κ3) is 5.40. The van der Waals surface area contributed by atoms with E-state index in [9.17, 15) is 8.42 Å². The van der Waals surface area contributed by atoms with Crippen molar-refractivity contribution in [3.63, 3.8) is 0 Å². The van der Waals surface area contributed by atoms with E-state index in [0.717, 1.165) is 30.4 Å². The molecule has 0 radical (unpaired) electrons. The lowest BCUT2D eigenvalue weighted by molar-refractivity contribution is 0.299. The average molecular weight is 375 g/mol. The van der Waals surface area contributed by atoms with Crippen LogP contribution in [0, 0.1) is 0 Å². The second-order valence-electron chi connectivity index (χ2n) is 6.82. The minimum Gasteiger partial charge on any atom is -0.301 e. The third-order valence-corrected chi connectivity index (χ3v) is 6.07. The van der Waals surface area contributed by atoms with E-state index in [-0.39, 0.29) is 6.04 Å². The first-order chi connectivity index (χ1) is 12.4. The van der Waals surface area contributed by atoms with Crippen LogP contribution in [0.4, 0.5) is 0 Å². The summed E-state index contributed by atoms with van der Waals surface area (Å²) in [5.41, 5.74) is 3.54. The lowest BCUT2D eigenvalue weighted by Gasteiger charge is -2.25. The molecule has 2 aromatic rings.